The molecule has 3 aromatic heterocycles. The second-order valence-corrected chi connectivity index (χ2v) is 13.9. The van der Waals surface area contributed by atoms with Crippen LogP contribution in [0.15, 0.2) is 95.6 Å². The highest BCUT2D eigenvalue weighted by atomic mass is 16.5. The molecule has 0 atom stereocenters. The molecule has 0 aliphatic carbocycles. The fourth-order valence-corrected chi connectivity index (χ4v) is 7.32. The van der Waals surface area contributed by atoms with Crippen LogP contribution in [0.1, 0.15) is 77.7 Å². The van der Waals surface area contributed by atoms with E-state index in [-0.39, 0.29) is 0 Å². The van der Waals surface area contributed by atoms with E-state index < -0.39 is 18.4 Å². The van der Waals surface area contributed by atoms with E-state index in [0.29, 0.717) is 17.9 Å². The molecule has 0 unspecified atom stereocenters. The molecule has 8 nitrogen and oxygen atoms in total. The van der Waals surface area contributed by atoms with Crippen molar-refractivity contribution in [2.75, 3.05) is 19.8 Å². The maximum Gasteiger partial charge on any atom is 0.325 e. The van der Waals surface area contributed by atoms with Crippen molar-refractivity contribution in [3.05, 3.63) is 96.1 Å². The summed E-state index contributed by atoms with van der Waals surface area (Å²) >= 11 is 0. The van der Waals surface area contributed by atoms with E-state index in [4.69, 9.17) is 9.47 Å². The number of benzene rings is 3. The van der Waals surface area contributed by atoms with Crippen LogP contribution in [-0.4, -0.2) is 51.9 Å². The van der Waals surface area contributed by atoms with Crippen LogP contribution in [0.2, 0.25) is 0 Å². The zero-order valence-electron chi connectivity index (χ0n) is 30.9. The van der Waals surface area contributed by atoms with Crippen molar-refractivity contribution >= 4 is 51.0 Å². The minimum atomic E-state index is -1.11. The smallest absolute Gasteiger partial charge is 0.325 e. The molecule has 0 saturated heterocycles. The number of nitrogens with zero attached hydrogens (tertiary/aromatic N) is 3. The third kappa shape index (κ3) is 7.49. The normalized spacial score (nSPS) is 13.9. The highest BCUT2D eigenvalue weighted by Gasteiger charge is 2.29. The van der Waals surface area contributed by atoms with Crippen molar-refractivity contribution < 1.29 is 24.2 Å². The molecule has 3 aromatic carbocycles. The lowest BCUT2D eigenvalue weighted by Gasteiger charge is -2.18. The monoisotopic (exact) mass is 709 g/mol. The van der Waals surface area contributed by atoms with E-state index in [1.165, 1.54) is 38.5 Å². The van der Waals surface area contributed by atoms with Crippen molar-refractivity contribution in [1.82, 2.24) is 9.41 Å². The second kappa shape index (κ2) is 15.9. The van der Waals surface area contributed by atoms with Crippen molar-refractivity contribution in [1.29, 1.82) is 0 Å². The van der Waals surface area contributed by atoms with Crippen molar-refractivity contribution in [3.63, 3.8) is 0 Å². The summed E-state index contributed by atoms with van der Waals surface area (Å²) in [6.45, 7) is 7.10. The van der Waals surface area contributed by atoms with E-state index in [2.05, 4.69) is 90.1 Å². The lowest BCUT2D eigenvalue weighted by Crippen LogP contribution is -2.28. The summed E-state index contributed by atoms with van der Waals surface area (Å²) in [6, 6.07) is 29.6. The maximum absolute atomic E-state index is 13.3. The third-order valence-corrected chi connectivity index (χ3v) is 10.1. The van der Waals surface area contributed by atoms with E-state index >= 15 is 0 Å². The predicted octanol–water partition coefficient (Wildman–Crippen LogP) is 10.6. The molecule has 7 rings (SSSR count). The van der Waals surface area contributed by atoms with Crippen LogP contribution in [0.5, 0.6) is 11.5 Å². The first-order valence-corrected chi connectivity index (χ1v) is 19.0. The Morgan fingerprint density at radius 2 is 1.30 bits per heavy atom. The largest absolute Gasteiger partial charge is 0.494 e. The molecular weight excluding hydrogens is 663 g/mol. The topological polar surface area (TPSA) is 92.8 Å². The SMILES string of the molecule is CCCCCCOc1ccc(-c2cc3ccc(/C=C4/C(=O)N(CC(=O)O)N=C4C)c4cc(-c5ccc(OCCCCCC)cc5)c5ccc2n5c34)cc1. The van der Waals surface area contributed by atoms with Gasteiger partial charge >= 0.3 is 5.97 Å². The van der Waals surface area contributed by atoms with E-state index in [0.717, 1.165) is 91.1 Å². The summed E-state index contributed by atoms with van der Waals surface area (Å²) in [7, 11) is 0. The molecular formula is C45H47N3O5. The number of carboxylic acid groups (broad SMARTS) is 1. The van der Waals surface area contributed by atoms with Crippen molar-refractivity contribution in [3.8, 4) is 33.8 Å². The molecule has 0 fully saturated rings. The number of carbonyl (C=O) groups is 2. The lowest BCUT2D eigenvalue weighted by molar-refractivity contribution is -0.142. The number of amides is 1. The number of aliphatic carboxylic acids is 1. The van der Waals surface area contributed by atoms with Crippen molar-refractivity contribution in [2.24, 2.45) is 5.10 Å². The number of carbonyl (C=O) groups excluding carboxylic acids is 1. The zero-order chi connectivity index (χ0) is 36.9. The fraction of sp³-hybridized carbons (Fsp3) is 0.311. The Labute approximate surface area is 310 Å². The van der Waals surface area contributed by atoms with Gasteiger partial charge in [0, 0.05) is 16.5 Å². The zero-order valence-corrected chi connectivity index (χ0v) is 30.9. The van der Waals surface area contributed by atoms with Gasteiger partial charge in [0.15, 0.2) is 0 Å². The summed E-state index contributed by atoms with van der Waals surface area (Å²) in [4.78, 5) is 24.7. The van der Waals surface area contributed by atoms with Crippen LogP contribution in [0.25, 0.3) is 55.7 Å². The summed E-state index contributed by atoms with van der Waals surface area (Å²) in [5.41, 5.74) is 9.24. The molecule has 1 aliphatic rings. The molecule has 1 aliphatic heterocycles. The molecule has 0 saturated carbocycles. The first-order chi connectivity index (χ1) is 25.9. The van der Waals surface area contributed by atoms with Crippen LogP contribution < -0.4 is 9.47 Å². The molecule has 0 radical (unpaired) electrons. The van der Waals surface area contributed by atoms with Gasteiger partial charge in [0.25, 0.3) is 5.91 Å². The summed E-state index contributed by atoms with van der Waals surface area (Å²) < 4.78 is 14.5. The average Bonchev–Trinajstić information content (AvgIpc) is 3.72. The molecule has 53 heavy (non-hydrogen) atoms. The lowest BCUT2D eigenvalue weighted by atomic mass is 9.95. The predicted molar refractivity (Wildman–Crippen MR) is 214 cm³/mol. The highest BCUT2D eigenvalue weighted by molar-refractivity contribution is 6.27. The van der Waals surface area contributed by atoms with E-state index in [1.807, 2.05) is 24.3 Å². The Morgan fingerprint density at radius 3 is 1.85 bits per heavy atom. The second-order valence-electron chi connectivity index (χ2n) is 13.9. The Hall–Kier alpha value is -5.63. The molecule has 4 heterocycles. The minimum absolute atomic E-state index is 0.385. The van der Waals surface area contributed by atoms with Crippen LogP contribution in [-0.2, 0) is 9.59 Å². The Kier molecular flexibility index (Phi) is 10.8. The van der Waals surface area contributed by atoms with Gasteiger partial charge in [0.05, 0.1) is 41.0 Å². The molecule has 0 spiro atoms. The molecule has 6 aromatic rings. The van der Waals surface area contributed by atoms with Gasteiger partial charge in [-0.25, -0.2) is 5.01 Å². The van der Waals surface area contributed by atoms with Gasteiger partial charge in [0.1, 0.15) is 18.0 Å². The van der Waals surface area contributed by atoms with Gasteiger partial charge < -0.3 is 19.0 Å². The molecule has 1 N–H and O–H groups in total. The minimum Gasteiger partial charge on any atom is -0.494 e. The van der Waals surface area contributed by atoms with Crippen LogP contribution >= 0.6 is 0 Å². The van der Waals surface area contributed by atoms with Gasteiger partial charge in [-0.1, -0.05) is 88.8 Å². The van der Waals surface area contributed by atoms with Crippen molar-refractivity contribution in [2.45, 2.75) is 72.1 Å². The molecule has 0 bridgehead atoms. The first-order valence-electron chi connectivity index (χ1n) is 19.0. The molecule has 1 amide bonds. The number of aromatic nitrogens is 1. The van der Waals surface area contributed by atoms with E-state index in [1.54, 1.807) is 6.92 Å². The number of pyridine rings is 2. The quantitative estimate of drug-likeness (QED) is 0.0752. The molecule has 8 heteroatoms. The average molecular weight is 710 g/mol. The standard InChI is InChI=1S/C45H47N3O5/c1-4-6-8-10-24-52-35-18-14-31(15-19-35)38-27-34-13-12-33(26-37-30(3)46-47(45(37)51)29-43(49)50)40-28-39(42-23-22-41(38)48(42)44(34)40)32-16-20-36(21-17-32)53-25-11-9-7-5-2/h12-23,26-28H,4-11,24-25,29H2,1-3H3,(H,49,50)/b37-26+. The van der Waals surface area contributed by atoms with Crippen LogP contribution in [0.3, 0.4) is 0 Å². The number of rotatable bonds is 17. The number of hydrogen-bond acceptors (Lipinski definition) is 5. The van der Waals surface area contributed by atoms with Gasteiger partial charge in [-0.3, -0.25) is 9.59 Å². The van der Waals surface area contributed by atoms with Crippen LogP contribution in [0, 0.1) is 0 Å². The van der Waals surface area contributed by atoms with Gasteiger partial charge in [-0.05, 0) is 96.4 Å². The van der Waals surface area contributed by atoms with Gasteiger partial charge in [-0.2, -0.15) is 5.10 Å². The van der Waals surface area contributed by atoms with Gasteiger partial charge in [-0.15, -0.1) is 0 Å². The number of unbranched alkanes of at least 4 members (excludes halogenated alkanes) is 6. The third-order valence-electron chi connectivity index (χ3n) is 10.1. The number of hydrogen-bond donors (Lipinski definition) is 1. The maximum atomic E-state index is 13.3. The summed E-state index contributed by atoms with van der Waals surface area (Å²) in [6.07, 6.45) is 11.1. The number of carboxylic acids is 1. The Balaban J connectivity index is 1.31. The van der Waals surface area contributed by atoms with Crippen LogP contribution in [0.4, 0.5) is 0 Å². The fourth-order valence-electron chi connectivity index (χ4n) is 7.32. The highest BCUT2D eigenvalue weighted by Crippen LogP contribution is 2.41. The molecule has 272 valence electrons. The Bertz CT molecular complexity index is 2280. The summed E-state index contributed by atoms with van der Waals surface area (Å²) in [5.74, 6) is 0.199. The van der Waals surface area contributed by atoms with E-state index in [9.17, 15) is 14.7 Å². The first kappa shape index (κ1) is 35.8. The number of ether oxygens (including phenoxy) is 2. The summed E-state index contributed by atoms with van der Waals surface area (Å²) in [5, 5.41) is 16.7. The Morgan fingerprint density at radius 1 is 0.736 bits per heavy atom. The van der Waals surface area contributed by atoms with Gasteiger partial charge in [0.2, 0.25) is 0 Å². The number of hydrazone groups is 1.